The second kappa shape index (κ2) is 9.37. The molecule has 3 rings (SSSR count). The fourth-order valence-electron chi connectivity index (χ4n) is 3.67. The Morgan fingerprint density at radius 2 is 1.93 bits per heavy atom. The maximum Gasteiger partial charge on any atom is 0.324 e. The molecular formula is C22H32N2O5S. The van der Waals surface area contributed by atoms with Gasteiger partial charge in [0.15, 0.2) is 9.84 Å². The van der Waals surface area contributed by atoms with Crippen LogP contribution in [-0.4, -0.2) is 50.7 Å². The fourth-order valence-corrected chi connectivity index (χ4v) is 5.59. The molecule has 1 saturated heterocycles. The molecule has 1 aliphatic heterocycles. The molecule has 3 amide bonds. The van der Waals surface area contributed by atoms with Gasteiger partial charge < -0.3 is 9.64 Å². The summed E-state index contributed by atoms with van der Waals surface area (Å²) in [6.07, 6.45) is 5.70. The van der Waals surface area contributed by atoms with Crippen molar-refractivity contribution in [3.8, 4) is 5.75 Å². The van der Waals surface area contributed by atoms with E-state index >= 15 is 0 Å². The molecule has 1 aromatic carbocycles. The summed E-state index contributed by atoms with van der Waals surface area (Å²) in [5.74, 6) is 1.05. The molecule has 2 fully saturated rings. The van der Waals surface area contributed by atoms with Crippen LogP contribution in [0.3, 0.4) is 0 Å². The number of nitrogens with zero attached hydrogens (tertiary/aromatic N) is 1. The Labute approximate surface area is 179 Å². The summed E-state index contributed by atoms with van der Waals surface area (Å²) in [6.45, 7) is 5.29. The van der Waals surface area contributed by atoms with Crippen LogP contribution in [0.25, 0.3) is 0 Å². The Morgan fingerprint density at radius 1 is 1.17 bits per heavy atom. The lowest BCUT2D eigenvalue weighted by Gasteiger charge is -2.24. The Morgan fingerprint density at radius 3 is 2.60 bits per heavy atom. The number of imide groups is 1. The molecule has 0 bridgehead atoms. The van der Waals surface area contributed by atoms with Crippen molar-refractivity contribution in [2.24, 2.45) is 11.3 Å². The number of sulfone groups is 1. The van der Waals surface area contributed by atoms with Gasteiger partial charge in [0.05, 0.1) is 17.3 Å². The number of hydrogen-bond donors (Lipinski definition) is 1. The van der Waals surface area contributed by atoms with E-state index in [9.17, 15) is 18.0 Å². The van der Waals surface area contributed by atoms with Gasteiger partial charge in [-0.1, -0.05) is 32.8 Å². The third-order valence-corrected chi connectivity index (χ3v) is 7.71. The maximum atomic E-state index is 12.9. The second-order valence-electron chi connectivity index (χ2n) is 9.24. The van der Waals surface area contributed by atoms with E-state index in [4.69, 9.17) is 4.74 Å². The van der Waals surface area contributed by atoms with Gasteiger partial charge in [-0.3, -0.25) is 10.1 Å². The van der Waals surface area contributed by atoms with Crippen molar-refractivity contribution >= 4 is 21.8 Å². The average Bonchev–Trinajstić information content (AvgIpc) is 3.43. The molecule has 1 saturated carbocycles. The fraction of sp³-hybridized carbons (Fsp3) is 0.636. The van der Waals surface area contributed by atoms with Crippen molar-refractivity contribution in [3.63, 3.8) is 0 Å². The number of carbonyl (C=O) groups excluding carboxylic acids is 2. The van der Waals surface area contributed by atoms with Crippen molar-refractivity contribution in [1.29, 1.82) is 0 Å². The topological polar surface area (TPSA) is 92.8 Å². The van der Waals surface area contributed by atoms with Gasteiger partial charge in [0.2, 0.25) is 5.91 Å². The van der Waals surface area contributed by atoms with Crippen LogP contribution in [0.4, 0.5) is 4.79 Å². The SMILES string of the molecule is CC(C)(CCCCCN1CC(=O)NC1=O)CS(=O)(=O)c1cccc(OCC2CC2)c1. The van der Waals surface area contributed by atoms with E-state index in [1.54, 1.807) is 24.3 Å². The molecule has 0 unspecified atom stereocenters. The van der Waals surface area contributed by atoms with Crippen LogP contribution in [0.1, 0.15) is 52.4 Å². The smallest absolute Gasteiger partial charge is 0.324 e. The molecule has 0 spiro atoms. The highest BCUT2D eigenvalue weighted by Crippen LogP contribution is 2.31. The molecule has 1 aromatic rings. The highest BCUT2D eigenvalue weighted by molar-refractivity contribution is 7.91. The number of unbranched alkanes of at least 4 members (excludes halogenated alkanes) is 2. The van der Waals surface area contributed by atoms with Gasteiger partial charge in [-0.2, -0.15) is 0 Å². The zero-order valence-corrected chi connectivity index (χ0v) is 18.7. The number of amides is 3. The van der Waals surface area contributed by atoms with Crippen LogP contribution in [0, 0.1) is 11.3 Å². The lowest BCUT2D eigenvalue weighted by molar-refractivity contribution is -0.118. The van der Waals surface area contributed by atoms with Crippen molar-refractivity contribution in [3.05, 3.63) is 24.3 Å². The molecule has 0 radical (unpaired) electrons. The third-order valence-electron chi connectivity index (χ3n) is 5.58. The van der Waals surface area contributed by atoms with Crippen LogP contribution >= 0.6 is 0 Å². The normalized spacial score (nSPS) is 17.3. The van der Waals surface area contributed by atoms with Gasteiger partial charge in [0.1, 0.15) is 12.3 Å². The first kappa shape index (κ1) is 22.6. The van der Waals surface area contributed by atoms with E-state index in [1.807, 2.05) is 13.8 Å². The van der Waals surface area contributed by atoms with Gasteiger partial charge in [0, 0.05) is 6.54 Å². The molecule has 0 atom stereocenters. The number of rotatable bonds is 12. The predicted molar refractivity (Wildman–Crippen MR) is 114 cm³/mol. The number of benzene rings is 1. The van der Waals surface area contributed by atoms with Gasteiger partial charge in [-0.25, -0.2) is 13.2 Å². The van der Waals surface area contributed by atoms with Crippen LogP contribution in [0.2, 0.25) is 0 Å². The molecule has 1 heterocycles. The van der Waals surface area contributed by atoms with E-state index in [1.165, 1.54) is 17.7 Å². The summed E-state index contributed by atoms with van der Waals surface area (Å²) >= 11 is 0. The first-order valence-electron chi connectivity index (χ1n) is 10.7. The number of nitrogens with one attached hydrogen (secondary N) is 1. The molecule has 7 nitrogen and oxygen atoms in total. The van der Waals surface area contributed by atoms with E-state index < -0.39 is 9.84 Å². The molecule has 1 N–H and O–H groups in total. The van der Waals surface area contributed by atoms with Gasteiger partial charge in [-0.15, -0.1) is 0 Å². The summed E-state index contributed by atoms with van der Waals surface area (Å²) < 4.78 is 31.6. The minimum absolute atomic E-state index is 0.0785. The van der Waals surface area contributed by atoms with Gasteiger partial charge >= 0.3 is 6.03 Å². The zero-order chi connectivity index (χ0) is 21.8. The van der Waals surface area contributed by atoms with Crippen LogP contribution in [-0.2, 0) is 14.6 Å². The molecule has 0 aromatic heterocycles. The van der Waals surface area contributed by atoms with E-state index in [2.05, 4.69) is 5.32 Å². The predicted octanol–water partition coefficient (Wildman–Crippen LogP) is 3.39. The summed E-state index contributed by atoms with van der Waals surface area (Å²) in [5.41, 5.74) is -0.356. The largest absolute Gasteiger partial charge is 0.493 e. The lowest BCUT2D eigenvalue weighted by Crippen LogP contribution is -2.29. The van der Waals surface area contributed by atoms with Gasteiger partial charge in [0.25, 0.3) is 0 Å². The summed E-state index contributed by atoms with van der Waals surface area (Å²) in [5, 5.41) is 2.27. The highest BCUT2D eigenvalue weighted by atomic mass is 32.2. The summed E-state index contributed by atoms with van der Waals surface area (Å²) in [7, 11) is -3.41. The standard InChI is InChI=1S/C22H32N2O5S/c1-22(2,11-4-3-5-12-24-14-20(25)23-21(24)26)16-30(27,28)19-8-6-7-18(13-19)29-15-17-9-10-17/h6-8,13,17H,3-5,9-12,14-16H2,1-2H3,(H,23,25,26). The molecular weight excluding hydrogens is 404 g/mol. The number of ether oxygens (including phenoxy) is 1. The molecule has 8 heteroatoms. The number of urea groups is 1. The van der Waals surface area contributed by atoms with Crippen LogP contribution in [0.5, 0.6) is 5.75 Å². The minimum Gasteiger partial charge on any atom is -0.493 e. The highest BCUT2D eigenvalue weighted by Gasteiger charge is 2.29. The van der Waals surface area contributed by atoms with E-state index in [0.717, 1.165) is 25.7 Å². The average molecular weight is 437 g/mol. The summed E-state index contributed by atoms with van der Waals surface area (Å²) in [6, 6.07) is 6.49. The zero-order valence-electron chi connectivity index (χ0n) is 17.9. The van der Waals surface area contributed by atoms with E-state index in [-0.39, 0.29) is 29.7 Å². The monoisotopic (exact) mass is 436 g/mol. The molecule has 30 heavy (non-hydrogen) atoms. The summed E-state index contributed by atoms with van der Waals surface area (Å²) in [4.78, 5) is 24.5. The van der Waals surface area contributed by atoms with Crippen molar-refractivity contribution in [1.82, 2.24) is 10.2 Å². The van der Waals surface area contributed by atoms with Crippen molar-refractivity contribution in [2.45, 2.75) is 57.3 Å². The van der Waals surface area contributed by atoms with Crippen molar-refractivity contribution in [2.75, 3.05) is 25.4 Å². The van der Waals surface area contributed by atoms with Crippen LogP contribution in [0.15, 0.2) is 29.2 Å². The van der Waals surface area contributed by atoms with Crippen LogP contribution < -0.4 is 10.1 Å². The minimum atomic E-state index is -3.41. The Balaban J connectivity index is 1.44. The Kier molecular flexibility index (Phi) is 7.06. The maximum absolute atomic E-state index is 12.9. The number of hydrogen-bond acceptors (Lipinski definition) is 5. The molecule has 2 aliphatic rings. The molecule has 166 valence electrons. The first-order valence-corrected chi connectivity index (χ1v) is 12.3. The Hall–Kier alpha value is -2.09. The number of carbonyl (C=O) groups is 2. The third kappa shape index (κ3) is 6.72. The van der Waals surface area contributed by atoms with E-state index in [0.29, 0.717) is 29.7 Å². The molecule has 1 aliphatic carbocycles. The Bertz CT molecular complexity index is 877. The second-order valence-corrected chi connectivity index (χ2v) is 11.2. The first-order chi connectivity index (χ1) is 14.1. The lowest BCUT2D eigenvalue weighted by atomic mass is 9.89. The van der Waals surface area contributed by atoms with Gasteiger partial charge in [-0.05, 0) is 55.2 Å². The quantitative estimate of drug-likeness (QED) is 0.400. The van der Waals surface area contributed by atoms with Crippen molar-refractivity contribution < 1.29 is 22.7 Å².